The monoisotopic (exact) mass is 494 g/mol. The number of allylic oxidation sites excluding steroid dienone is 1. The van der Waals surface area contributed by atoms with Crippen molar-refractivity contribution in [2.24, 2.45) is 0 Å². The van der Waals surface area contributed by atoms with Gasteiger partial charge in [0.05, 0.1) is 18.3 Å². The van der Waals surface area contributed by atoms with Gasteiger partial charge in [-0.25, -0.2) is 4.79 Å². The Morgan fingerprint density at radius 1 is 1.03 bits per heavy atom. The molecule has 2 heterocycles. The van der Waals surface area contributed by atoms with Crippen LogP contribution in [0.1, 0.15) is 51.9 Å². The van der Waals surface area contributed by atoms with Gasteiger partial charge in [0, 0.05) is 6.07 Å². The third kappa shape index (κ3) is 6.74. The number of rotatable bonds is 12. The third-order valence-corrected chi connectivity index (χ3v) is 5.92. The van der Waals surface area contributed by atoms with Crippen molar-refractivity contribution in [2.75, 3.05) is 6.61 Å². The average Bonchev–Trinajstić information content (AvgIpc) is 2.84. The molecule has 0 unspecified atom stereocenters. The molecule has 3 rings (SSSR count). The maximum absolute atomic E-state index is 12.4. The molecule has 1 aliphatic heterocycles. The molecule has 5 atom stereocenters. The van der Waals surface area contributed by atoms with Gasteiger partial charge in [-0.3, -0.25) is 0 Å². The number of unbranched alkanes of at least 4 members (excludes halogenated alkanes) is 6. The molecule has 0 saturated carbocycles. The summed E-state index contributed by atoms with van der Waals surface area (Å²) in [4.78, 5) is 12.4. The number of benzene rings is 1. The average molecular weight is 495 g/mol. The van der Waals surface area contributed by atoms with Gasteiger partial charge in [0.15, 0.2) is 5.75 Å². The molecule has 2 aromatic rings. The summed E-state index contributed by atoms with van der Waals surface area (Å²) in [7, 11) is 0. The largest absolute Gasteiger partial charge is 0.504 e. The molecule has 0 amide bonds. The maximum atomic E-state index is 12.4. The Balaban J connectivity index is 1.65. The van der Waals surface area contributed by atoms with Gasteiger partial charge in [0.25, 0.3) is 5.75 Å². The molecule has 1 saturated heterocycles. The predicted octanol–water partition coefficient (Wildman–Crippen LogP) is 2.32. The Hall–Kier alpha value is -2.63. The molecule has 194 valence electrons. The molecule has 0 radical (unpaired) electrons. The number of hydrogen-bond acceptors (Lipinski definition) is 10. The van der Waals surface area contributed by atoms with Crippen molar-refractivity contribution in [3.8, 4) is 17.2 Å². The van der Waals surface area contributed by atoms with Crippen LogP contribution in [0.4, 0.5) is 0 Å². The lowest BCUT2D eigenvalue weighted by Gasteiger charge is -2.39. The van der Waals surface area contributed by atoms with Crippen LogP contribution in [0.15, 0.2) is 39.7 Å². The van der Waals surface area contributed by atoms with Crippen molar-refractivity contribution in [3.05, 3.63) is 41.0 Å². The first-order valence-corrected chi connectivity index (χ1v) is 12.0. The Labute approximate surface area is 203 Å². The zero-order chi connectivity index (χ0) is 25.4. The summed E-state index contributed by atoms with van der Waals surface area (Å²) < 4.78 is 21.4. The smallest absolute Gasteiger partial charge is 0.383 e. The van der Waals surface area contributed by atoms with Crippen molar-refractivity contribution >= 4 is 11.0 Å². The van der Waals surface area contributed by atoms with Crippen LogP contribution in [-0.2, 0) is 4.74 Å². The van der Waals surface area contributed by atoms with E-state index in [-0.39, 0.29) is 28.2 Å². The van der Waals surface area contributed by atoms with Crippen LogP contribution in [-0.4, -0.2) is 62.8 Å². The molecule has 1 aromatic carbocycles. The van der Waals surface area contributed by atoms with E-state index in [9.17, 15) is 30.3 Å². The quantitative estimate of drug-likeness (QED) is 0.168. The molecular formula is C25H34O10. The van der Waals surface area contributed by atoms with E-state index in [0.29, 0.717) is 0 Å². The van der Waals surface area contributed by atoms with Crippen LogP contribution in [0.3, 0.4) is 0 Å². The first kappa shape index (κ1) is 27.0. The second kappa shape index (κ2) is 12.9. The molecule has 1 fully saturated rings. The third-order valence-electron chi connectivity index (χ3n) is 5.92. The Morgan fingerprint density at radius 3 is 2.51 bits per heavy atom. The van der Waals surface area contributed by atoms with Crippen molar-refractivity contribution in [1.82, 2.24) is 0 Å². The van der Waals surface area contributed by atoms with E-state index >= 15 is 0 Å². The molecule has 0 spiro atoms. The number of fused-ring (bicyclic) bond motifs is 1. The Bertz CT molecular complexity index is 1030. The summed E-state index contributed by atoms with van der Waals surface area (Å²) >= 11 is 0. The van der Waals surface area contributed by atoms with E-state index in [1.54, 1.807) is 6.08 Å². The van der Waals surface area contributed by atoms with Crippen molar-refractivity contribution in [2.45, 2.75) is 82.6 Å². The Morgan fingerprint density at radius 2 is 1.77 bits per heavy atom. The van der Waals surface area contributed by atoms with Gasteiger partial charge in [0.2, 0.25) is 6.29 Å². The van der Waals surface area contributed by atoms with Crippen molar-refractivity contribution < 1.29 is 44.2 Å². The summed E-state index contributed by atoms with van der Waals surface area (Å²) in [6.07, 6.45) is 3.74. The van der Waals surface area contributed by atoms with Gasteiger partial charge in [-0.2, -0.15) is 0 Å². The minimum atomic E-state index is -1.60. The van der Waals surface area contributed by atoms with Gasteiger partial charge in [-0.05, 0) is 31.1 Å². The SMILES string of the molecule is CCCCCCCCC=COc1c(O)c2ccc(O[C@@H]3O[C@H](CO)[C@H](O)[C@H](O)[C@H]3O)cc2oc1=O. The molecule has 5 N–H and O–H groups in total. The zero-order valence-corrected chi connectivity index (χ0v) is 19.7. The fourth-order valence-corrected chi connectivity index (χ4v) is 3.85. The molecule has 1 aromatic heterocycles. The number of aliphatic hydroxyl groups excluding tert-OH is 4. The Kier molecular flexibility index (Phi) is 9.93. The van der Waals surface area contributed by atoms with Gasteiger partial charge in [0.1, 0.15) is 35.7 Å². The summed E-state index contributed by atoms with van der Waals surface area (Å²) in [6, 6.07) is 4.16. The molecule has 35 heavy (non-hydrogen) atoms. The maximum Gasteiger partial charge on any atom is 0.383 e. The molecule has 10 heteroatoms. The van der Waals surface area contributed by atoms with Gasteiger partial charge >= 0.3 is 5.63 Å². The van der Waals surface area contributed by atoms with E-state index in [0.717, 1.165) is 19.3 Å². The van der Waals surface area contributed by atoms with E-state index < -0.39 is 42.9 Å². The van der Waals surface area contributed by atoms with E-state index in [2.05, 4.69) is 6.92 Å². The summed E-state index contributed by atoms with van der Waals surface area (Å²) in [5.74, 6) is -0.629. The highest BCUT2D eigenvalue weighted by Gasteiger charge is 2.44. The zero-order valence-electron chi connectivity index (χ0n) is 19.7. The fourth-order valence-electron chi connectivity index (χ4n) is 3.85. The number of aliphatic hydroxyl groups is 4. The topological polar surface area (TPSA) is 159 Å². The summed E-state index contributed by atoms with van der Waals surface area (Å²) in [6.45, 7) is 1.58. The molecule has 10 nitrogen and oxygen atoms in total. The predicted molar refractivity (Wildman–Crippen MR) is 126 cm³/mol. The van der Waals surface area contributed by atoms with Gasteiger partial charge in [-0.15, -0.1) is 0 Å². The second-order valence-electron chi connectivity index (χ2n) is 8.59. The van der Waals surface area contributed by atoms with Crippen molar-refractivity contribution in [3.63, 3.8) is 0 Å². The lowest BCUT2D eigenvalue weighted by atomic mass is 9.99. The molecule has 1 aliphatic rings. The molecule has 0 aliphatic carbocycles. The highest BCUT2D eigenvalue weighted by Crippen LogP contribution is 2.34. The lowest BCUT2D eigenvalue weighted by molar-refractivity contribution is -0.277. The number of aromatic hydroxyl groups is 1. The van der Waals surface area contributed by atoms with E-state index in [1.165, 1.54) is 50.1 Å². The minimum absolute atomic E-state index is 0.00185. The summed E-state index contributed by atoms with van der Waals surface area (Å²) in [5, 5.41) is 49.9. The highest BCUT2D eigenvalue weighted by molar-refractivity contribution is 5.86. The first-order chi connectivity index (χ1) is 16.9. The second-order valence-corrected chi connectivity index (χ2v) is 8.59. The standard InChI is InChI=1S/C25H34O10/c1-2-3-4-5-6-7-8-9-12-32-23-19(27)16-11-10-15(13-17(16)34-24(23)31)33-25-22(30)21(29)20(28)18(14-26)35-25/h9-13,18,20-22,25-30H,2-8,14H2,1H3/t18-,20+,21+,22-,25-/m1/s1. The molecular weight excluding hydrogens is 460 g/mol. The normalized spacial score (nSPS) is 24.8. The molecule has 0 bridgehead atoms. The van der Waals surface area contributed by atoms with E-state index in [4.69, 9.17) is 18.6 Å². The van der Waals surface area contributed by atoms with Crippen LogP contribution in [0.5, 0.6) is 17.2 Å². The van der Waals surface area contributed by atoms with Crippen LogP contribution >= 0.6 is 0 Å². The van der Waals surface area contributed by atoms with E-state index in [1.807, 2.05) is 0 Å². The number of hydrogen-bond donors (Lipinski definition) is 5. The fraction of sp³-hybridized carbons (Fsp3) is 0.560. The number of ether oxygens (including phenoxy) is 3. The van der Waals surface area contributed by atoms with Crippen LogP contribution in [0.2, 0.25) is 0 Å². The summed E-state index contributed by atoms with van der Waals surface area (Å²) in [5.41, 5.74) is -0.887. The van der Waals surface area contributed by atoms with Crippen LogP contribution < -0.4 is 15.1 Å². The first-order valence-electron chi connectivity index (χ1n) is 12.0. The van der Waals surface area contributed by atoms with Gasteiger partial charge in [-0.1, -0.05) is 39.0 Å². The lowest BCUT2D eigenvalue weighted by Crippen LogP contribution is -2.60. The van der Waals surface area contributed by atoms with Crippen molar-refractivity contribution in [1.29, 1.82) is 0 Å². The van der Waals surface area contributed by atoms with Crippen LogP contribution in [0.25, 0.3) is 11.0 Å². The van der Waals surface area contributed by atoms with Crippen LogP contribution in [0, 0.1) is 0 Å². The highest BCUT2D eigenvalue weighted by atomic mass is 16.7. The minimum Gasteiger partial charge on any atom is -0.504 e. The van der Waals surface area contributed by atoms with Gasteiger partial charge < -0.3 is 44.2 Å².